The second-order valence-electron chi connectivity index (χ2n) is 6.14. The molecule has 0 saturated heterocycles. The molecule has 1 aromatic heterocycles. The van der Waals surface area contributed by atoms with Gasteiger partial charge in [-0.25, -0.2) is 0 Å². The summed E-state index contributed by atoms with van der Waals surface area (Å²) < 4.78 is 1.60. The summed E-state index contributed by atoms with van der Waals surface area (Å²) in [4.78, 5) is 11.9. The molecule has 3 rings (SSSR count). The minimum Gasteiger partial charge on any atom is -0.329 e. The Hall–Kier alpha value is -2.35. The Morgan fingerprint density at radius 2 is 2.13 bits per heavy atom. The van der Waals surface area contributed by atoms with Crippen LogP contribution >= 0.6 is 0 Å². The SMILES string of the molecule is C[NH+](Cc1nnnn1-c1cccc([N+](=O)[O-])c1)C1CCCCC1. The van der Waals surface area contributed by atoms with Crippen LogP contribution in [0, 0.1) is 10.1 Å². The molecule has 0 amide bonds. The molecule has 1 fully saturated rings. The third-order valence-corrected chi connectivity index (χ3v) is 4.56. The van der Waals surface area contributed by atoms with E-state index in [2.05, 4.69) is 22.6 Å². The van der Waals surface area contributed by atoms with Crippen LogP contribution in [0.4, 0.5) is 5.69 Å². The number of hydrogen-bond acceptors (Lipinski definition) is 5. The van der Waals surface area contributed by atoms with E-state index in [1.54, 1.807) is 16.8 Å². The average Bonchev–Trinajstić information content (AvgIpc) is 3.04. The number of benzene rings is 1. The highest BCUT2D eigenvalue weighted by Gasteiger charge is 2.24. The normalized spacial score (nSPS) is 17.1. The van der Waals surface area contributed by atoms with E-state index in [9.17, 15) is 10.1 Å². The topological polar surface area (TPSA) is 91.2 Å². The summed E-state index contributed by atoms with van der Waals surface area (Å²) in [6, 6.07) is 7.03. The van der Waals surface area contributed by atoms with Gasteiger partial charge in [-0.15, -0.1) is 5.10 Å². The fourth-order valence-corrected chi connectivity index (χ4v) is 3.24. The average molecular weight is 317 g/mol. The van der Waals surface area contributed by atoms with Crippen LogP contribution in [0.1, 0.15) is 37.9 Å². The molecule has 8 heteroatoms. The Labute approximate surface area is 134 Å². The zero-order valence-corrected chi connectivity index (χ0v) is 13.2. The van der Waals surface area contributed by atoms with E-state index >= 15 is 0 Å². The van der Waals surface area contributed by atoms with Gasteiger partial charge in [0.1, 0.15) is 6.54 Å². The molecule has 122 valence electrons. The van der Waals surface area contributed by atoms with Crippen molar-refractivity contribution in [2.24, 2.45) is 0 Å². The molecule has 1 atom stereocenters. The Balaban J connectivity index is 1.79. The molecule has 1 aliphatic rings. The van der Waals surface area contributed by atoms with Gasteiger partial charge in [0.25, 0.3) is 5.69 Å². The van der Waals surface area contributed by atoms with Crippen molar-refractivity contribution < 1.29 is 9.82 Å². The summed E-state index contributed by atoms with van der Waals surface area (Å²) in [5, 5.41) is 22.8. The predicted octanol–water partition coefficient (Wildman–Crippen LogP) is 0.918. The van der Waals surface area contributed by atoms with E-state index in [4.69, 9.17) is 0 Å². The van der Waals surface area contributed by atoms with E-state index in [1.165, 1.54) is 49.1 Å². The van der Waals surface area contributed by atoms with Gasteiger partial charge in [-0.1, -0.05) is 12.5 Å². The maximum atomic E-state index is 10.9. The summed E-state index contributed by atoms with van der Waals surface area (Å²) in [6.45, 7) is 0.709. The molecule has 1 unspecified atom stereocenters. The van der Waals surface area contributed by atoms with Gasteiger partial charge >= 0.3 is 0 Å². The van der Waals surface area contributed by atoms with Gasteiger partial charge in [0.05, 0.1) is 23.7 Å². The van der Waals surface area contributed by atoms with Gasteiger partial charge in [-0.2, -0.15) is 4.68 Å². The van der Waals surface area contributed by atoms with Crippen LogP contribution in [0.5, 0.6) is 0 Å². The zero-order chi connectivity index (χ0) is 16.2. The Kier molecular flexibility index (Phi) is 4.61. The maximum absolute atomic E-state index is 10.9. The zero-order valence-electron chi connectivity index (χ0n) is 13.2. The molecule has 8 nitrogen and oxygen atoms in total. The lowest BCUT2D eigenvalue weighted by Gasteiger charge is -2.27. The van der Waals surface area contributed by atoms with Crippen molar-refractivity contribution in [3.05, 3.63) is 40.2 Å². The lowest BCUT2D eigenvalue weighted by atomic mass is 9.94. The van der Waals surface area contributed by atoms with Gasteiger partial charge in [0.2, 0.25) is 5.82 Å². The van der Waals surface area contributed by atoms with Crippen LogP contribution in [-0.4, -0.2) is 38.2 Å². The third-order valence-electron chi connectivity index (χ3n) is 4.56. The quantitative estimate of drug-likeness (QED) is 0.654. The summed E-state index contributed by atoms with van der Waals surface area (Å²) in [5.74, 6) is 0.730. The first-order valence-electron chi connectivity index (χ1n) is 7.99. The number of rotatable bonds is 5. The number of nitrogens with zero attached hydrogens (tertiary/aromatic N) is 5. The van der Waals surface area contributed by atoms with E-state index in [1.807, 2.05) is 0 Å². The molecule has 2 aromatic rings. The fourth-order valence-electron chi connectivity index (χ4n) is 3.24. The first-order valence-corrected chi connectivity index (χ1v) is 7.99. The van der Waals surface area contributed by atoms with Crippen LogP contribution in [0.2, 0.25) is 0 Å². The smallest absolute Gasteiger partial charge is 0.271 e. The van der Waals surface area contributed by atoms with Gasteiger partial charge in [0.15, 0.2) is 0 Å². The van der Waals surface area contributed by atoms with Crippen molar-refractivity contribution in [2.45, 2.75) is 44.7 Å². The van der Waals surface area contributed by atoms with Crippen LogP contribution in [-0.2, 0) is 6.54 Å². The fraction of sp³-hybridized carbons (Fsp3) is 0.533. The molecular weight excluding hydrogens is 296 g/mol. The number of hydrogen-bond donors (Lipinski definition) is 1. The van der Waals surface area contributed by atoms with E-state index in [0.29, 0.717) is 18.3 Å². The van der Waals surface area contributed by atoms with Crippen molar-refractivity contribution in [3.63, 3.8) is 0 Å². The molecule has 0 spiro atoms. The van der Waals surface area contributed by atoms with Crippen molar-refractivity contribution in [3.8, 4) is 5.69 Å². The minimum atomic E-state index is -0.410. The summed E-state index contributed by atoms with van der Waals surface area (Å²) in [6.07, 6.45) is 6.39. The molecule has 0 radical (unpaired) electrons. The van der Waals surface area contributed by atoms with E-state index in [0.717, 1.165) is 5.82 Å². The number of nitrogens with one attached hydrogen (secondary N) is 1. The van der Waals surface area contributed by atoms with Gasteiger partial charge < -0.3 is 4.90 Å². The second kappa shape index (κ2) is 6.82. The van der Waals surface area contributed by atoms with Gasteiger partial charge in [0, 0.05) is 12.1 Å². The van der Waals surface area contributed by atoms with Gasteiger partial charge in [-0.3, -0.25) is 10.1 Å². The number of nitro benzene ring substituents is 1. The largest absolute Gasteiger partial charge is 0.329 e. The van der Waals surface area contributed by atoms with Crippen molar-refractivity contribution in [2.75, 3.05) is 7.05 Å². The molecule has 1 heterocycles. The summed E-state index contributed by atoms with van der Waals surface area (Å²) in [5.41, 5.74) is 0.660. The monoisotopic (exact) mass is 317 g/mol. The lowest BCUT2D eigenvalue weighted by Crippen LogP contribution is -3.11. The summed E-state index contributed by atoms with van der Waals surface area (Å²) in [7, 11) is 2.17. The van der Waals surface area contributed by atoms with E-state index in [-0.39, 0.29) is 5.69 Å². The highest BCUT2D eigenvalue weighted by atomic mass is 16.6. The predicted molar refractivity (Wildman–Crippen MR) is 83.3 cm³/mol. The first kappa shape index (κ1) is 15.5. The molecule has 0 aliphatic heterocycles. The molecule has 1 aromatic carbocycles. The molecule has 1 saturated carbocycles. The van der Waals surface area contributed by atoms with E-state index < -0.39 is 4.92 Å². The second-order valence-corrected chi connectivity index (χ2v) is 6.14. The minimum absolute atomic E-state index is 0.0388. The van der Waals surface area contributed by atoms with Crippen molar-refractivity contribution in [1.82, 2.24) is 20.2 Å². The number of tetrazole rings is 1. The maximum Gasteiger partial charge on any atom is 0.271 e. The molecular formula is C15H21N6O2+. The van der Waals surface area contributed by atoms with Crippen LogP contribution in [0.25, 0.3) is 5.69 Å². The van der Waals surface area contributed by atoms with Crippen LogP contribution in [0.15, 0.2) is 24.3 Å². The molecule has 1 aliphatic carbocycles. The number of non-ortho nitro benzene ring substituents is 1. The Bertz CT molecular complexity index is 680. The Morgan fingerprint density at radius 1 is 1.35 bits per heavy atom. The third kappa shape index (κ3) is 3.53. The van der Waals surface area contributed by atoms with Crippen molar-refractivity contribution >= 4 is 5.69 Å². The molecule has 23 heavy (non-hydrogen) atoms. The molecule has 0 bridgehead atoms. The van der Waals surface area contributed by atoms with Crippen LogP contribution < -0.4 is 4.90 Å². The number of aromatic nitrogens is 4. The highest BCUT2D eigenvalue weighted by molar-refractivity contribution is 5.42. The first-order chi connectivity index (χ1) is 11.1. The van der Waals surface area contributed by atoms with Crippen molar-refractivity contribution in [1.29, 1.82) is 0 Å². The number of nitro groups is 1. The van der Waals surface area contributed by atoms with Gasteiger partial charge in [-0.05, 0) is 42.2 Å². The van der Waals surface area contributed by atoms with Crippen LogP contribution in [0.3, 0.4) is 0 Å². The Morgan fingerprint density at radius 3 is 2.87 bits per heavy atom. The molecule has 1 N–H and O–H groups in total. The number of quaternary nitrogens is 1. The standard InChI is InChI=1S/C15H20N6O2/c1-19(12-6-3-2-4-7-12)11-15-16-17-18-20(15)13-8-5-9-14(10-13)21(22)23/h5,8-10,12H,2-4,6-7,11H2,1H3/p+1. The highest BCUT2D eigenvalue weighted by Crippen LogP contribution is 2.17. The summed E-state index contributed by atoms with van der Waals surface area (Å²) >= 11 is 0. The lowest BCUT2D eigenvalue weighted by molar-refractivity contribution is -0.921.